The van der Waals surface area contributed by atoms with E-state index in [1.165, 1.54) is 22.6 Å². The monoisotopic (exact) mass is 255 g/mol. The first-order chi connectivity index (χ1) is 9.06. The molecular weight excluding hydrogens is 234 g/mol. The van der Waals surface area contributed by atoms with Gasteiger partial charge in [-0.3, -0.25) is 0 Å². The average Bonchev–Trinajstić information content (AvgIpc) is 2.69. The number of aryl methyl sites for hydroxylation is 1. The van der Waals surface area contributed by atoms with Crippen LogP contribution in [0.2, 0.25) is 0 Å². The van der Waals surface area contributed by atoms with Crippen molar-refractivity contribution in [1.29, 1.82) is 0 Å². The second kappa shape index (κ2) is 4.49. The molecule has 1 aromatic carbocycles. The lowest BCUT2D eigenvalue weighted by molar-refractivity contribution is 0.403. The number of nitrogens with zero attached hydrogens (tertiary/aromatic N) is 2. The quantitative estimate of drug-likeness (QED) is 0.851. The van der Waals surface area contributed by atoms with Gasteiger partial charge >= 0.3 is 0 Å². The van der Waals surface area contributed by atoms with E-state index >= 15 is 0 Å². The first-order valence-electron chi connectivity index (χ1n) is 6.96. The fourth-order valence-electron chi connectivity index (χ4n) is 3.02. The fourth-order valence-corrected chi connectivity index (χ4v) is 3.02. The zero-order valence-corrected chi connectivity index (χ0v) is 11.9. The number of imidazole rings is 1. The Labute approximate surface area is 114 Å². The molecule has 2 heterocycles. The molecule has 1 aromatic heterocycles. The summed E-state index contributed by atoms with van der Waals surface area (Å²) >= 11 is 0. The molecule has 0 bridgehead atoms. The number of benzene rings is 1. The maximum Gasteiger partial charge on any atom is 0.112 e. The van der Waals surface area contributed by atoms with E-state index < -0.39 is 0 Å². The highest BCUT2D eigenvalue weighted by molar-refractivity contribution is 5.62. The van der Waals surface area contributed by atoms with Crippen molar-refractivity contribution in [3.8, 4) is 11.3 Å². The van der Waals surface area contributed by atoms with Crippen LogP contribution in [0.4, 0.5) is 0 Å². The van der Waals surface area contributed by atoms with Crippen LogP contribution in [0.5, 0.6) is 0 Å². The number of hydrogen-bond donors (Lipinski definition) is 1. The maximum absolute atomic E-state index is 6.13. The first-order valence-corrected chi connectivity index (χ1v) is 6.96. The molecule has 2 aromatic rings. The summed E-state index contributed by atoms with van der Waals surface area (Å²) in [5.74, 6) is 1.64. The topological polar surface area (TPSA) is 43.8 Å². The third-order valence-electron chi connectivity index (χ3n) is 4.09. The number of hydrogen-bond acceptors (Lipinski definition) is 2. The molecule has 0 spiro atoms. The van der Waals surface area contributed by atoms with Gasteiger partial charge in [0.1, 0.15) is 5.82 Å². The summed E-state index contributed by atoms with van der Waals surface area (Å²) in [5, 5.41) is 0. The second-order valence-electron chi connectivity index (χ2n) is 5.78. The summed E-state index contributed by atoms with van der Waals surface area (Å²) in [6, 6.07) is 8.84. The minimum atomic E-state index is 0.251. The maximum atomic E-state index is 6.13. The van der Waals surface area contributed by atoms with Crippen LogP contribution in [0.3, 0.4) is 0 Å². The van der Waals surface area contributed by atoms with E-state index in [-0.39, 0.29) is 6.04 Å². The lowest BCUT2D eigenvalue weighted by Gasteiger charge is -2.26. The molecule has 2 atom stereocenters. The van der Waals surface area contributed by atoms with Gasteiger partial charge in [-0.1, -0.05) is 36.8 Å². The fraction of sp³-hybridized carbons (Fsp3) is 0.438. The molecule has 0 amide bonds. The molecule has 3 heteroatoms. The molecule has 19 heavy (non-hydrogen) atoms. The first kappa shape index (κ1) is 12.4. The van der Waals surface area contributed by atoms with Crippen molar-refractivity contribution in [1.82, 2.24) is 9.55 Å². The standard InChI is InChI=1S/C16H21N3/c1-10-4-6-13(7-5-10)15-12(3)19-9-14(17)8-11(2)16(19)18-15/h4-7,11,14H,8-9,17H2,1-3H3. The zero-order chi connectivity index (χ0) is 13.6. The molecule has 3 nitrogen and oxygen atoms in total. The molecule has 1 aliphatic rings. The van der Waals surface area contributed by atoms with Gasteiger partial charge in [0.15, 0.2) is 0 Å². The van der Waals surface area contributed by atoms with Crippen LogP contribution in [-0.2, 0) is 6.54 Å². The van der Waals surface area contributed by atoms with E-state index in [0.29, 0.717) is 5.92 Å². The Hall–Kier alpha value is -1.61. The van der Waals surface area contributed by atoms with Gasteiger partial charge in [-0.25, -0.2) is 4.98 Å². The Morgan fingerprint density at radius 1 is 1.21 bits per heavy atom. The molecule has 0 fully saturated rings. The highest BCUT2D eigenvalue weighted by Crippen LogP contribution is 2.32. The Morgan fingerprint density at radius 3 is 2.58 bits per heavy atom. The largest absolute Gasteiger partial charge is 0.330 e. The molecule has 0 radical (unpaired) electrons. The van der Waals surface area contributed by atoms with Crippen molar-refractivity contribution < 1.29 is 0 Å². The summed E-state index contributed by atoms with van der Waals surface area (Å²) < 4.78 is 2.30. The van der Waals surface area contributed by atoms with Gasteiger partial charge in [-0.15, -0.1) is 0 Å². The Balaban J connectivity index is 2.09. The highest BCUT2D eigenvalue weighted by Gasteiger charge is 2.26. The van der Waals surface area contributed by atoms with E-state index in [4.69, 9.17) is 10.7 Å². The molecule has 2 unspecified atom stereocenters. The third-order valence-corrected chi connectivity index (χ3v) is 4.09. The summed E-state index contributed by atoms with van der Waals surface area (Å²) in [7, 11) is 0. The van der Waals surface area contributed by atoms with Crippen molar-refractivity contribution in [3.05, 3.63) is 41.3 Å². The van der Waals surface area contributed by atoms with E-state index in [0.717, 1.165) is 18.7 Å². The lowest BCUT2D eigenvalue weighted by Crippen LogP contribution is -2.34. The summed E-state index contributed by atoms with van der Waals surface area (Å²) in [4.78, 5) is 4.87. The van der Waals surface area contributed by atoms with Crippen molar-refractivity contribution in [2.75, 3.05) is 0 Å². The van der Waals surface area contributed by atoms with Gasteiger partial charge in [0, 0.05) is 29.8 Å². The summed E-state index contributed by atoms with van der Waals surface area (Å²) in [6.07, 6.45) is 1.03. The smallest absolute Gasteiger partial charge is 0.112 e. The minimum Gasteiger partial charge on any atom is -0.330 e. The zero-order valence-electron chi connectivity index (χ0n) is 11.9. The summed E-state index contributed by atoms with van der Waals surface area (Å²) in [5.41, 5.74) is 11.0. The van der Waals surface area contributed by atoms with E-state index in [1.54, 1.807) is 0 Å². The molecule has 0 saturated carbocycles. The molecular formula is C16H21N3. The Kier molecular flexibility index (Phi) is 2.94. The highest BCUT2D eigenvalue weighted by atomic mass is 15.1. The summed E-state index contributed by atoms with van der Waals surface area (Å²) in [6.45, 7) is 7.37. The van der Waals surface area contributed by atoms with Crippen LogP contribution in [-0.4, -0.2) is 15.6 Å². The number of fused-ring (bicyclic) bond motifs is 1. The van der Waals surface area contributed by atoms with Gasteiger partial charge in [-0.05, 0) is 20.3 Å². The van der Waals surface area contributed by atoms with E-state index in [9.17, 15) is 0 Å². The van der Waals surface area contributed by atoms with Crippen LogP contribution in [0.25, 0.3) is 11.3 Å². The van der Waals surface area contributed by atoms with Gasteiger partial charge in [0.2, 0.25) is 0 Å². The molecule has 1 aliphatic heterocycles. The van der Waals surface area contributed by atoms with Gasteiger partial charge in [-0.2, -0.15) is 0 Å². The average molecular weight is 255 g/mol. The molecule has 2 N–H and O–H groups in total. The molecule has 3 rings (SSSR count). The van der Waals surface area contributed by atoms with Crippen molar-refractivity contribution in [3.63, 3.8) is 0 Å². The van der Waals surface area contributed by atoms with E-state index in [1.807, 2.05) is 0 Å². The second-order valence-corrected chi connectivity index (χ2v) is 5.78. The predicted molar refractivity (Wildman–Crippen MR) is 78.1 cm³/mol. The Morgan fingerprint density at radius 2 is 1.89 bits per heavy atom. The van der Waals surface area contributed by atoms with Crippen molar-refractivity contribution in [2.24, 2.45) is 5.73 Å². The molecule has 100 valence electrons. The number of rotatable bonds is 1. The minimum absolute atomic E-state index is 0.251. The van der Waals surface area contributed by atoms with Gasteiger partial charge < -0.3 is 10.3 Å². The van der Waals surface area contributed by atoms with Crippen LogP contribution in [0.1, 0.15) is 36.3 Å². The molecule has 0 saturated heterocycles. The van der Waals surface area contributed by atoms with Gasteiger partial charge in [0.05, 0.1) is 5.69 Å². The Bertz CT molecular complexity index is 595. The van der Waals surface area contributed by atoms with Crippen LogP contribution < -0.4 is 5.73 Å². The third kappa shape index (κ3) is 2.08. The van der Waals surface area contributed by atoms with E-state index in [2.05, 4.69) is 49.6 Å². The van der Waals surface area contributed by atoms with Crippen LogP contribution >= 0.6 is 0 Å². The molecule has 0 aliphatic carbocycles. The number of aromatic nitrogens is 2. The van der Waals surface area contributed by atoms with Crippen LogP contribution in [0.15, 0.2) is 24.3 Å². The predicted octanol–water partition coefficient (Wildman–Crippen LogP) is 3.00. The van der Waals surface area contributed by atoms with Gasteiger partial charge in [0.25, 0.3) is 0 Å². The normalized spacial score (nSPS) is 22.3. The number of nitrogens with two attached hydrogens (primary N) is 1. The van der Waals surface area contributed by atoms with Crippen LogP contribution in [0, 0.1) is 13.8 Å². The van der Waals surface area contributed by atoms with Crippen molar-refractivity contribution >= 4 is 0 Å². The lowest BCUT2D eigenvalue weighted by atomic mass is 9.98. The van der Waals surface area contributed by atoms with Crippen molar-refractivity contribution in [2.45, 2.75) is 45.7 Å². The SMILES string of the molecule is Cc1ccc(-c2nc3n(c2C)CC(N)CC3C)cc1.